The quantitative estimate of drug-likeness (QED) is 0.129. The van der Waals surface area contributed by atoms with Crippen LogP contribution in [0.4, 0.5) is 4.79 Å². The topological polar surface area (TPSA) is 243 Å². The van der Waals surface area contributed by atoms with Gasteiger partial charge in [0, 0.05) is 25.2 Å². The normalized spacial score (nSPS) is 32.6. The second-order valence-electron chi connectivity index (χ2n) is 20.0. The maximum Gasteiger partial charge on any atom is 0.408 e. The van der Waals surface area contributed by atoms with Crippen LogP contribution in [0.3, 0.4) is 0 Å². The molecule has 11 atom stereocenters. The molecule has 2 bridgehead atoms. The summed E-state index contributed by atoms with van der Waals surface area (Å²) in [5, 5.41) is 44.0. The molecule has 3 unspecified atom stereocenters. The minimum atomic E-state index is -2.40. The number of hydrogen-bond donors (Lipinski definition) is 5. The van der Waals surface area contributed by atoms with Crippen LogP contribution in [0.15, 0.2) is 71.8 Å². The molecule has 0 radical (unpaired) electrons. The number of ketones is 1. The molecule has 17 heteroatoms. The standard InChI is InChI=1S/C49H62N2O15/c1-26-31(62-43(58)37(63-41(56)30-19-21-50-22-20-30)35(28-15-11-9-12-16-28)51-44(59)66-45(3,4)5)24-49(60)40(64-42(57)29-17-13-10-14-18-29)38-47(8,39(55)36(54)34(26)46(49,6)7)32(53)23-33-48(38,25-61-33)65-27(2)52/h9-18,30-33,35-38,40,50,53-54,60H,19-25H2,1-8H3,(H,51,59)/t31-,32?,33+,35-,36+,37+,38?,40-,47?,48-,49+/m0/s1. The average molecular weight is 919 g/mol. The first kappa shape index (κ1) is 48.7. The van der Waals surface area contributed by atoms with Gasteiger partial charge in [-0.25, -0.2) is 14.4 Å². The van der Waals surface area contributed by atoms with Gasteiger partial charge in [-0.15, -0.1) is 0 Å². The van der Waals surface area contributed by atoms with Crippen molar-refractivity contribution in [1.82, 2.24) is 10.6 Å². The van der Waals surface area contributed by atoms with Crippen molar-refractivity contribution in [3.63, 3.8) is 0 Å². The van der Waals surface area contributed by atoms with E-state index in [1.165, 1.54) is 26.0 Å². The Labute approximate surface area is 383 Å². The third-order valence-electron chi connectivity index (χ3n) is 14.5. The van der Waals surface area contributed by atoms with E-state index in [2.05, 4.69) is 10.6 Å². The Morgan fingerprint density at radius 2 is 1.55 bits per heavy atom. The smallest absolute Gasteiger partial charge is 0.408 e. The first-order valence-corrected chi connectivity index (χ1v) is 22.5. The van der Waals surface area contributed by atoms with Crippen LogP contribution in [-0.2, 0) is 47.6 Å². The molecular weight excluding hydrogens is 857 g/mol. The summed E-state index contributed by atoms with van der Waals surface area (Å²) in [5.41, 5.74) is -8.33. The summed E-state index contributed by atoms with van der Waals surface area (Å²) < 4.78 is 36.3. The lowest BCUT2D eigenvalue weighted by atomic mass is 9.44. The Kier molecular flexibility index (Phi) is 13.4. The van der Waals surface area contributed by atoms with E-state index in [0.717, 1.165) is 6.92 Å². The zero-order valence-corrected chi connectivity index (χ0v) is 38.7. The maximum atomic E-state index is 15.2. The Bertz CT molecular complexity index is 2240. The summed E-state index contributed by atoms with van der Waals surface area (Å²) in [4.78, 5) is 85.0. The zero-order valence-electron chi connectivity index (χ0n) is 38.7. The van der Waals surface area contributed by atoms with Crippen LogP contribution in [0.1, 0.15) is 103 Å². The zero-order chi connectivity index (χ0) is 48.1. The van der Waals surface area contributed by atoms with Gasteiger partial charge in [0.05, 0.1) is 35.5 Å². The fourth-order valence-electron chi connectivity index (χ4n) is 10.9. The first-order chi connectivity index (χ1) is 31.0. The molecule has 4 fully saturated rings. The van der Waals surface area contributed by atoms with Crippen molar-refractivity contribution < 1.29 is 72.5 Å². The molecule has 7 rings (SSSR count). The number of fused-ring (bicyclic) bond motifs is 5. The molecule has 2 aromatic carbocycles. The molecular formula is C49H62N2O15. The second-order valence-corrected chi connectivity index (χ2v) is 20.0. The van der Waals surface area contributed by atoms with E-state index < -0.39 is 124 Å². The second kappa shape index (κ2) is 18.1. The summed E-state index contributed by atoms with van der Waals surface area (Å²) in [5.74, 6) is -6.66. The Balaban J connectivity index is 1.38. The minimum Gasteiger partial charge on any atom is -0.455 e. The lowest BCUT2D eigenvalue weighted by molar-refractivity contribution is -0.346. The van der Waals surface area contributed by atoms with Crippen LogP contribution in [-0.4, -0.2) is 124 Å². The van der Waals surface area contributed by atoms with Gasteiger partial charge in [-0.3, -0.25) is 14.4 Å². The van der Waals surface area contributed by atoms with Crippen LogP contribution in [0.25, 0.3) is 0 Å². The molecule has 1 amide bonds. The highest BCUT2D eigenvalue weighted by Crippen LogP contribution is 2.64. The summed E-state index contributed by atoms with van der Waals surface area (Å²) in [6.45, 7) is 12.9. The number of ether oxygens (including phenoxy) is 6. The van der Waals surface area contributed by atoms with E-state index in [1.807, 2.05) is 0 Å². The summed E-state index contributed by atoms with van der Waals surface area (Å²) >= 11 is 0. The number of Topliss-reactive ketones (excluding diaryl/α,β-unsaturated/α-hetero) is 1. The molecule has 5 N–H and O–H groups in total. The number of hydrogen-bond acceptors (Lipinski definition) is 16. The molecule has 0 aromatic heterocycles. The number of aliphatic hydroxyl groups is 3. The van der Waals surface area contributed by atoms with E-state index in [4.69, 9.17) is 28.4 Å². The van der Waals surface area contributed by atoms with Gasteiger partial charge in [-0.05, 0) is 89.4 Å². The molecule has 2 aromatic rings. The van der Waals surface area contributed by atoms with Crippen LogP contribution < -0.4 is 10.6 Å². The average Bonchev–Trinajstić information content (AvgIpc) is 3.26. The van der Waals surface area contributed by atoms with Gasteiger partial charge < -0.3 is 54.4 Å². The molecule has 66 heavy (non-hydrogen) atoms. The van der Waals surface area contributed by atoms with Crippen LogP contribution in [0, 0.1) is 22.7 Å². The first-order valence-electron chi connectivity index (χ1n) is 22.5. The van der Waals surface area contributed by atoms with Crippen molar-refractivity contribution in [3.05, 3.63) is 82.9 Å². The molecule has 5 aliphatic rings. The van der Waals surface area contributed by atoms with Gasteiger partial charge in [-0.1, -0.05) is 62.4 Å². The van der Waals surface area contributed by atoms with E-state index >= 15 is 9.59 Å². The SMILES string of the molecule is CC(=O)O[C@@]12CO[C@@H]1CC(O)C1(C)C(=O)[C@H](O)C3=C(C)[C@@H](OC(=O)[C@H](OC(=O)C4CCNCC4)[C@@H](NC(=O)OC(C)(C)C)c4ccccc4)C[C@@](O)([C@@H](OC(=O)c4ccccc4)C12)C3(C)C. The number of carbonyl (C=O) groups is 6. The number of alkyl carbamates (subject to hydrolysis) is 1. The van der Waals surface area contributed by atoms with E-state index in [9.17, 15) is 34.5 Å². The van der Waals surface area contributed by atoms with Crippen molar-refractivity contribution >= 4 is 35.8 Å². The fraction of sp³-hybridized carbons (Fsp3) is 0.592. The molecule has 2 aliphatic heterocycles. The number of carbonyl (C=O) groups excluding carboxylic acids is 6. The number of benzene rings is 2. The Morgan fingerprint density at radius 1 is 0.924 bits per heavy atom. The van der Waals surface area contributed by atoms with Gasteiger partial charge in [0.2, 0.25) is 6.10 Å². The van der Waals surface area contributed by atoms with Gasteiger partial charge in [0.1, 0.15) is 41.7 Å². The number of piperidine rings is 1. The number of aliphatic hydroxyl groups excluding tert-OH is 2. The lowest BCUT2D eigenvalue weighted by Gasteiger charge is -2.67. The minimum absolute atomic E-state index is 0.0712. The van der Waals surface area contributed by atoms with E-state index in [-0.39, 0.29) is 29.7 Å². The van der Waals surface area contributed by atoms with Crippen molar-refractivity contribution in [2.75, 3.05) is 19.7 Å². The van der Waals surface area contributed by atoms with Gasteiger partial charge >= 0.3 is 30.0 Å². The number of nitrogens with one attached hydrogen (secondary N) is 2. The number of esters is 4. The Morgan fingerprint density at radius 3 is 2.12 bits per heavy atom. The lowest BCUT2D eigenvalue weighted by Crippen LogP contribution is -2.81. The largest absolute Gasteiger partial charge is 0.455 e. The van der Waals surface area contributed by atoms with Gasteiger partial charge in [0.15, 0.2) is 11.4 Å². The van der Waals surface area contributed by atoms with Crippen LogP contribution in [0.5, 0.6) is 0 Å². The third-order valence-corrected chi connectivity index (χ3v) is 14.5. The highest BCUT2D eigenvalue weighted by molar-refractivity contribution is 5.94. The van der Waals surface area contributed by atoms with Crippen LogP contribution >= 0.6 is 0 Å². The molecule has 2 heterocycles. The number of amides is 1. The molecule has 358 valence electrons. The Hall–Kier alpha value is -5.20. The van der Waals surface area contributed by atoms with Crippen molar-refractivity contribution in [2.24, 2.45) is 22.7 Å². The fourth-order valence-corrected chi connectivity index (χ4v) is 10.9. The van der Waals surface area contributed by atoms with Gasteiger partial charge in [0.25, 0.3) is 0 Å². The van der Waals surface area contributed by atoms with Gasteiger partial charge in [-0.2, -0.15) is 0 Å². The van der Waals surface area contributed by atoms with Crippen molar-refractivity contribution in [1.29, 1.82) is 0 Å². The van der Waals surface area contributed by atoms with E-state index in [1.54, 1.807) is 83.1 Å². The monoisotopic (exact) mass is 918 g/mol. The molecule has 0 spiro atoms. The summed E-state index contributed by atoms with van der Waals surface area (Å²) in [6.07, 6.45) is -10.7. The van der Waals surface area contributed by atoms with Crippen molar-refractivity contribution in [2.45, 2.75) is 141 Å². The molecule has 2 saturated carbocycles. The van der Waals surface area contributed by atoms with Crippen molar-refractivity contribution in [3.8, 4) is 0 Å². The van der Waals surface area contributed by atoms with Crippen LogP contribution in [0.2, 0.25) is 0 Å². The highest BCUT2D eigenvalue weighted by Gasteiger charge is 2.78. The summed E-state index contributed by atoms with van der Waals surface area (Å²) in [6, 6.07) is 14.8. The molecule has 3 aliphatic carbocycles. The van der Waals surface area contributed by atoms with E-state index in [0.29, 0.717) is 31.5 Å². The number of rotatable bonds is 10. The highest BCUT2D eigenvalue weighted by atomic mass is 16.6. The molecule has 2 saturated heterocycles. The summed E-state index contributed by atoms with van der Waals surface area (Å²) in [7, 11) is 0. The predicted octanol–water partition coefficient (Wildman–Crippen LogP) is 3.81. The third kappa shape index (κ3) is 8.64. The maximum absolute atomic E-state index is 15.2. The predicted molar refractivity (Wildman–Crippen MR) is 233 cm³/mol. The molecule has 17 nitrogen and oxygen atoms in total.